The van der Waals surface area contributed by atoms with Crippen LogP contribution in [0.3, 0.4) is 0 Å². The van der Waals surface area contributed by atoms with Crippen molar-refractivity contribution in [3.8, 4) is 0 Å². The van der Waals surface area contributed by atoms with E-state index in [4.69, 9.17) is 4.98 Å². The SMILES string of the molecule is CCCNCC1(Cc2cn3ccsc3n2)CC2CCC1C2. The molecule has 0 aromatic carbocycles. The van der Waals surface area contributed by atoms with Gasteiger partial charge in [-0.2, -0.15) is 0 Å². The molecule has 2 aliphatic rings. The standard InChI is InChI=1S/C17H25N3S/c1-2-5-18-12-17(9-13-3-4-14(17)8-13)10-15-11-20-6-7-21-16(20)19-15/h6-7,11,13-14,18H,2-5,8-10,12H2,1H3. The first-order valence-electron chi connectivity index (χ1n) is 8.41. The van der Waals surface area contributed by atoms with Gasteiger partial charge in [0.1, 0.15) is 0 Å². The Hall–Kier alpha value is -0.870. The normalized spacial score (nSPS) is 31.5. The highest BCUT2D eigenvalue weighted by atomic mass is 32.1. The molecule has 2 aromatic heterocycles. The maximum absolute atomic E-state index is 4.85. The van der Waals surface area contributed by atoms with Gasteiger partial charge in [-0.05, 0) is 55.9 Å². The Bertz CT molecular complexity index is 588. The van der Waals surface area contributed by atoms with Gasteiger partial charge in [0.05, 0.1) is 5.69 Å². The average Bonchev–Trinajstić information content (AvgIpc) is 3.18. The minimum Gasteiger partial charge on any atom is -0.316 e. The molecular formula is C17H25N3S. The highest BCUT2D eigenvalue weighted by Crippen LogP contribution is 2.57. The number of thiazole rings is 1. The van der Waals surface area contributed by atoms with Crippen LogP contribution in [0.2, 0.25) is 0 Å². The third kappa shape index (κ3) is 2.42. The lowest BCUT2D eigenvalue weighted by molar-refractivity contribution is 0.155. The van der Waals surface area contributed by atoms with E-state index in [9.17, 15) is 0 Å². The van der Waals surface area contributed by atoms with Crippen LogP contribution in [0.5, 0.6) is 0 Å². The minimum absolute atomic E-state index is 0.474. The summed E-state index contributed by atoms with van der Waals surface area (Å²) in [4.78, 5) is 5.99. The molecule has 2 aliphatic carbocycles. The van der Waals surface area contributed by atoms with Crippen molar-refractivity contribution in [3.63, 3.8) is 0 Å². The number of hydrogen-bond donors (Lipinski definition) is 1. The molecule has 3 atom stereocenters. The van der Waals surface area contributed by atoms with E-state index in [1.54, 1.807) is 11.3 Å². The smallest absolute Gasteiger partial charge is 0.193 e. The first kappa shape index (κ1) is 13.8. The zero-order valence-corrected chi connectivity index (χ0v) is 13.7. The summed E-state index contributed by atoms with van der Waals surface area (Å²) in [6.07, 6.45) is 12.6. The number of nitrogens with zero attached hydrogens (tertiary/aromatic N) is 2. The van der Waals surface area contributed by atoms with E-state index in [1.807, 2.05) is 0 Å². The molecular weight excluding hydrogens is 278 g/mol. The van der Waals surface area contributed by atoms with Crippen molar-refractivity contribution in [2.75, 3.05) is 13.1 Å². The lowest BCUT2D eigenvalue weighted by atomic mass is 9.70. The fourth-order valence-electron chi connectivity index (χ4n) is 4.79. The highest BCUT2D eigenvalue weighted by Gasteiger charge is 2.50. The topological polar surface area (TPSA) is 29.3 Å². The van der Waals surface area contributed by atoms with Crippen LogP contribution in [-0.4, -0.2) is 22.5 Å². The summed E-state index contributed by atoms with van der Waals surface area (Å²) < 4.78 is 2.18. The molecule has 114 valence electrons. The van der Waals surface area contributed by atoms with Crippen molar-refractivity contribution in [3.05, 3.63) is 23.5 Å². The number of rotatable bonds is 6. The van der Waals surface area contributed by atoms with Gasteiger partial charge in [0.2, 0.25) is 0 Å². The summed E-state index contributed by atoms with van der Waals surface area (Å²) >= 11 is 1.74. The zero-order chi connectivity index (χ0) is 14.3. The van der Waals surface area contributed by atoms with Crippen molar-refractivity contribution in [1.29, 1.82) is 0 Å². The molecule has 2 aromatic rings. The second-order valence-electron chi connectivity index (χ2n) is 7.12. The third-order valence-electron chi connectivity index (χ3n) is 5.68. The van der Waals surface area contributed by atoms with Gasteiger partial charge >= 0.3 is 0 Å². The molecule has 3 unspecified atom stereocenters. The lowest BCUT2D eigenvalue weighted by Gasteiger charge is -2.38. The molecule has 21 heavy (non-hydrogen) atoms. The number of imidazole rings is 1. The van der Waals surface area contributed by atoms with Crippen molar-refractivity contribution < 1.29 is 0 Å². The Morgan fingerprint density at radius 3 is 3.14 bits per heavy atom. The van der Waals surface area contributed by atoms with Crippen LogP contribution in [0, 0.1) is 17.3 Å². The van der Waals surface area contributed by atoms with E-state index in [-0.39, 0.29) is 0 Å². The highest BCUT2D eigenvalue weighted by molar-refractivity contribution is 7.15. The summed E-state index contributed by atoms with van der Waals surface area (Å²) in [7, 11) is 0. The van der Waals surface area contributed by atoms with Crippen LogP contribution in [-0.2, 0) is 6.42 Å². The summed E-state index contributed by atoms with van der Waals surface area (Å²) in [5.41, 5.74) is 1.77. The van der Waals surface area contributed by atoms with E-state index in [1.165, 1.54) is 50.8 Å². The van der Waals surface area contributed by atoms with Crippen LogP contribution in [0.15, 0.2) is 17.8 Å². The largest absolute Gasteiger partial charge is 0.316 e. The zero-order valence-electron chi connectivity index (χ0n) is 12.8. The molecule has 0 aliphatic heterocycles. The molecule has 2 bridgehead atoms. The maximum atomic E-state index is 4.85. The summed E-state index contributed by atoms with van der Waals surface area (Å²) in [5.74, 6) is 1.91. The number of fused-ring (bicyclic) bond motifs is 3. The second kappa shape index (κ2) is 5.40. The molecule has 1 N–H and O–H groups in total. The Morgan fingerprint density at radius 1 is 1.48 bits per heavy atom. The predicted molar refractivity (Wildman–Crippen MR) is 87.8 cm³/mol. The van der Waals surface area contributed by atoms with E-state index in [0.717, 1.165) is 23.3 Å². The van der Waals surface area contributed by atoms with Gasteiger partial charge in [0.25, 0.3) is 0 Å². The molecule has 3 nitrogen and oxygen atoms in total. The van der Waals surface area contributed by atoms with Gasteiger partial charge in [0.15, 0.2) is 4.96 Å². The molecule has 4 heteroatoms. The van der Waals surface area contributed by atoms with E-state index < -0.39 is 0 Å². The predicted octanol–water partition coefficient (Wildman–Crippen LogP) is 3.74. The van der Waals surface area contributed by atoms with Gasteiger partial charge in [-0.3, -0.25) is 4.40 Å². The molecule has 0 radical (unpaired) electrons. The van der Waals surface area contributed by atoms with Crippen LogP contribution in [0.4, 0.5) is 0 Å². The van der Waals surface area contributed by atoms with Gasteiger partial charge in [0, 0.05) is 24.3 Å². The van der Waals surface area contributed by atoms with E-state index in [2.05, 4.69) is 34.4 Å². The Balaban J connectivity index is 1.56. The van der Waals surface area contributed by atoms with Crippen LogP contribution in [0.25, 0.3) is 4.96 Å². The van der Waals surface area contributed by atoms with Crippen LogP contribution in [0.1, 0.15) is 44.7 Å². The van der Waals surface area contributed by atoms with E-state index >= 15 is 0 Å². The molecule has 2 heterocycles. The number of aromatic nitrogens is 2. The van der Waals surface area contributed by atoms with E-state index in [0.29, 0.717) is 5.41 Å². The average molecular weight is 303 g/mol. The fraction of sp³-hybridized carbons (Fsp3) is 0.706. The van der Waals surface area contributed by atoms with Crippen molar-refractivity contribution in [2.24, 2.45) is 17.3 Å². The van der Waals surface area contributed by atoms with Gasteiger partial charge in [-0.1, -0.05) is 13.3 Å². The number of nitrogens with one attached hydrogen (secondary N) is 1. The first-order chi connectivity index (χ1) is 10.3. The van der Waals surface area contributed by atoms with Crippen molar-refractivity contribution in [2.45, 2.75) is 45.4 Å². The molecule has 0 amide bonds. The quantitative estimate of drug-likeness (QED) is 0.824. The fourth-order valence-corrected chi connectivity index (χ4v) is 5.51. The van der Waals surface area contributed by atoms with Gasteiger partial charge < -0.3 is 5.32 Å². The Labute approximate surface area is 130 Å². The van der Waals surface area contributed by atoms with Crippen LogP contribution < -0.4 is 5.32 Å². The van der Waals surface area contributed by atoms with Crippen molar-refractivity contribution in [1.82, 2.24) is 14.7 Å². The van der Waals surface area contributed by atoms with Crippen molar-refractivity contribution >= 4 is 16.3 Å². The summed E-state index contributed by atoms with van der Waals surface area (Å²) in [6.45, 7) is 4.59. The van der Waals surface area contributed by atoms with Crippen LogP contribution >= 0.6 is 11.3 Å². The monoisotopic (exact) mass is 303 g/mol. The molecule has 2 fully saturated rings. The second-order valence-corrected chi connectivity index (χ2v) is 7.99. The molecule has 0 saturated heterocycles. The van der Waals surface area contributed by atoms with Gasteiger partial charge in [-0.25, -0.2) is 4.98 Å². The minimum atomic E-state index is 0.474. The van der Waals surface area contributed by atoms with Gasteiger partial charge in [-0.15, -0.1) is 11.3 Å². The first-order valence-corrected chi connectivity index (χ1v) is 9.29. The summed E-state index contributed by atoms with van der Waals surface area (Å²) in [5, 5.41) is 5.83. The molecule has 2 saturated carbocycles. The number of hydrogen-bond acceptors (Lipinski definition) is 3. The Morgan fingerprint density at radius 2 is 2.43 bits per heavy atom. The third-order valence-corrected chi connectivity index (χ3v) is 6.45. The maximum Gasteiger partial charge on any atom is 0.193 e. The summed E-state index contributed by atoms with van der Waals surface area (Å²) in [6, 6.07) is 0. The molecule has 0 spiro atoms. The lowest BCUT2D eigenvalue weighted by Crippen LogP contribution is -2.40. The Kier molecular flexibility index (Phi) is 3.54. The molecule has 4 rings (SSSR count).